The molecule has 0 aliphatic heterocycles. The normalized spacial score (nSPS) is 11.2. The van der Waals surface area contributed by atoms with Gasteiger partial charge < -0.3 is 4.74 Å². The molecule has 1 aromatic rings. The van der Waals surface area contributed by atoms with Gasteiger partial charge in [0, 0.05) is 0 Å². The Morgan fingerprint density at radius 2 is 2.07 bits per heavy atom. The lowest BCUT2D eigenvalue weighted by molar-refractivity contribution is -0.137. The molecule has 0 atom stereocenters. The molecule has 0 bridgehead atoms. The first kappa shape index (κ1) is 11.8. The summed E-state index contributed by atoms with van der Waals surface area (Å²) in [5, 5.41) is -0.408. The van der Waals surface area contributed by atoms with Crippen LogP contribution in [-0.4, -0.2) is 6.47 Å². The number of ether oxygens (including phenoxy) is 1. The molecule has 0 heterocycles. The monoisotopic (exact) mass is 238 g/mol. The van der Waals surface area contributed by atoms with Crippen LogP contribution in [0.4, 0.5) is 13.2 Å². The topological polar surface area (TPSA) is 26.3 Å². The van der Waals surface area contributed by atoms with Crippen molar-refractivity contribution in [1.29, 1.82) is 0 Å². The highest BCUT2D eigenvalue weighted by molar-refractivity contribution is 6.31. The Hall–Kier alpha value is -1.23. The fraction of sp³-hybridized carbons (Fsp3) is 0.222. The highest BCUT2D eigenvalue weighted by atomic mass is 35.5. The van der Waals surface area contributed by atoms with Gasteiger partial charge in [0.1, 0.15) is 6.61 Å². The minimum atomic E-state index is -4.47. The summed E-state index contributed by atoms with van der Waals surface area (Å²) >= 11 is 5.43. The molecule has 0 aliphatic rings. The van der Waals surface area contributed by atoms with Crippen molar-refractivity contribution >= 4 is 18.1 Å². The lowest BCUT2D eigenvalue weighted by Gasteiger charge is -2.09. The summed E-state index contributed by atoms with van der Waals surface area (Å²) in [4.78, 5) is 9.85. The number of hydrogen-bond donors (Lipinski definition) is 0. The van der Waals surface area contributed by atoms with Gasteiger partial charge in [-0.15, -0.1) is 0 Å². The van der Waals surface area contributed by atoms with Crippen LogP contribution in [0.3, 0.4) is 0 Å². The molecule has 1 aromatic carbocycles. The molecule has 15 heavy (non-hydrogen) atoms. The van der Waals surface area contributed by atoms with Gasteiger partial charge in [-0.2, -0.15) is 13.2 Å². The van der Waals surface area contributed by atoms with Crippen LogP contribution in [0.1, 0.15) is 11.1 Å². The van der Waals surface area contributed by atoms with Crippen LogP contribution < -0.4 is 0 Å². The van der Waals surface area contributed by atoms with Crippen LogP contribution in [0.25, 0.3) is 0 Å². The van der Waals surface area contributed by atoms with Crippen molar-refractivity contribution < 1.29 is 22.7 Å². The molecule has 0 radical (unpaired) electrons. The van der Waals surface area contributed by atoms with Gasteiger partial charge in [-0.25, -0.2) is 0 Å². The third-order valence-electron chi connectivity index (χ3n) is 1.66. The first-order valence-corrected chi connectivity index (χ1v) is 4.24. The molecule has 0 unspecified atom stereocenters. The Kier molecular flexibility index (Phi) is 3.57. The summed E-state index contributed by atoms with van der Waals surface area (Å²) < 4.78 is 41.2. The molecule has 0 saturated carbocycles. The molecule has 1 rings (SSSR count). The average Bonchev–Trinajstić information content (AvgIpc) is 2.12. The lowest BCUT2D eigenvalue weighted by Crippen LogP contribution is -2.06. The van der Waals surface area contributed by atoms with Crippen molar-refractivity contribution in [3.05, 3.63) is 34.3 Å². The summed E-state index contributed by atoms with van der Waals surface area (Å²) in [5.41, 5.74) is -0.501. The van der Waals surface area contributed by atoms with E-state index in [2.05, 4.69) is 4.74 Å². The van der Waals surface area contributed by atoms with E-state index in [0.717, 1.165) is 12.1 Å². The molecule has 0 saturated heterocycles. The van der Waals surface area contributed by atoms with Gasteiger partial charge >= 0.3 is 6.18 Å². The number of halogens is 4. The van der Waals surface area contributed by atoms with Gasteiger partial charge in [-0.05, 0) is 17.7 Å². The number of hydrogen-bond acceptors (Lipinski definition) is 2. The Morgan fingerprint density at radius 1 is 1.40 bits per heavy atom. The predicted octanol–water partition coefficient (Wildman–Crippen LogP) is 3.03. The standard InChI is InChI=1S/C9H6ClF3O2/c10-8-3-6(4-15-5-14)1-2-7(8)9(11,12)13/h1-3,5H,4H2. The van der Waals surface area contributed by atoms with Crippen LogP contribution in [-0.2, 0) is 22.3 Å². The molecule has 0 spiro atoms. The van der Waals surface area contributed by atoms with Gasteiger partial charge in [0.15, 0.2) is 0 Å². The van der Waals surface area contributed by atoms with Gasteiger partial charge in [-0.1, -0.05) is 17.7 Å². The Morgan fingerprint density at radius 3 is 2.53 bits per heavy atom. The van der Waals surface area contributed by atoms with Crippen molar-refractivity contribution in [2.75, 3.05) is 0 Å². The Balaban J connectivity index is 2.93. The number of rotatable bonds is 3. The van der Waals surface area contributed by atoms with Gasteiger partial charge in [0.2, 0.25) is 0 Å². The lowest BCUT2D eigenvalue weighted by atomic mass is 10.1. The van der Waals surface area contributed by atoms with E-state index < -0.39 is 16.8 Å². The molecule has 0 N–H and O–H groups in total. The maximum absolute atomic E-state index is 12.3. The van der Waals surface area contributed by atoms with Crippen molar-refractivity contribution in [3.63, 3.8) is 0 Å². The maximum Gasteiger partial charge on any atom is 0.417 e. The molecule has 2 nitrogen and oxygen atoms in total. The van der Waals surface area contributed by atoms with Crippen molar-refractivity contribution in [2.45, 2.75) is 12.8 Å². The second-order valence-electron chi connectivity index (χ2n) is 2.72. The summed E-state index contributed by atoms with van der Waals surface area (Å²) in [7, 11) is 0. The van der Waals surface area contributed by atoms with E-state index in [1.165, 1.54) is 6.07 Å². The van der Waals surface area contributed by atoms with E-state index in [1.54, 1.807) is 0 Å². The van der Waals surface area contributed by atoms with Crippen LogP contribution in [0.15, 0.2) is 18.2 Å². The van der Waals surface area contributed by atoms with E-state index in [-0.39, 0.29) is 13.1 Å². The highest BCUT2D eigenvalue weighted by Gasteiger charge is 2.32. The fourth-order valence-electron chi connectivity index (χ4n) is 1.01. The number of carbonyl (C=O) groups is 1. The van der Waals surface area contributed by atoms with Crippen molar-refractivity contribution in [3.8, 4) is 0 Å². The van der Waals surface area contributed by atoms with E-state index in [1.807, 2.05) is 0 Å². The second kappa shape index (κ2) is 4.53. The minimum absolute atomic E-state index is 0.0959. The first-order chi connectivity index (χ1) is 6.95. The number of carbonyl (C=O) groups excluding carboxylic acids is 1. The van der Waals surface area contributed by atoms with Crippen LogP contribution in [0.2, 0.25) is 5.02 Å². The quantitative estimate of drug-likeness (QED) is 0.757. The van der Waals surface area contributed by atoms with Gasteiger partial charge in [0.05, 0.1) is 10.6 Å². The van der Waals surface area contributed by atoms with E-state index in [4.69, 9.17) is 11.6 Å². The zero-order chi connectivity index (χ0) is 11.5. The van der Waals surface area contributed by atoms with Crippen molar-refractivity contribution in [1.82, 2.24) is 0 Å². The van der Waals surface area contributed by atoms with Crippen molar-refractivity contribution in [2.24, 2.45) is 0 Å². The third-order valence-corrected chi connectivity index (χ3v) is 1.97. The molecule has 0 aromatic heterocycles. The second-order valence-corrected chi connectivity index (χ2v) is 3.13. The van der Waals surface area contributed by atoms with Gasteiger partial charge in [-0.3, -0.25) is 4.79 Å². The summed E-state index contributed by atoms with van der Waals surface area (Å²) in [6, 6.07) is 3.18. The molecular weight excluding hydrogens is 233 g/mol. The van der Waals surface area contributed by atoms with Crippen LogP contribution in [0, 0.1) is 0 Å². The summed E-state index contributed by atoms with van der Waals surface area (Å²) in [6.07, 6.45) is -4.47. The zero-order valence-electron chi connectivity index (χ0n) is 7.34. The number of benzene rings is 1. The molecule has 0 amide bonds. The van der Waals surface area contributed by atoms with Crippen LogP contribution in [0.5, 0.6) is 0 Å². The number of alkyl halides is 3. The maximum atomic E-state index is 12.3. The Labute approximate surface area is 88.6 Å². The summed E-state index contributed by atoms with van der Waals surface area (Å²) in [5.74, 6) is 0. The largest absolute Gasteiger partial charge is 0.463 e. The summed E-state index contributed by atoms with van der Waals surface area (Å²) in [6.45, 7) is 0.118. The Bertz CT molecular complexity index is 363. The third kappa shape index (κ3) is 3.13. The zero-order valence-corrected chi connectivity index (χ0v) is 8.10. The predicted molar refractivity (Wildman–Crippen MR) is 47.3 cm³/mol. The van der Waals surface area contributed by atoms with Crippen LogP contribution >= 0.6 is 11.6 Å². The fourth-order valence-corrected chi connectivity index (χ4v) is 1.32. The first-order valence-electron chi connectivity index (χ1n) is 3.86. The molecule has 6 heteroatoms. The van der Waals surface area contributed by atoms with E-state index in [9.17, 15) is 18.0 Å². The molecular formula is C9H6ClF3O2. The molecule has 82 valence electrons. The SMILES string of the molecule is O=COCc1ccc(C(F)(F)F)c(Cl)c1. The van der Waals surface area contributed by atoms with E-state index in [0.29, 0.717) is 5.56 Å². The smallest absolute Gasteiger partial charge is 0.417 e. The van der Waals surface area contributed by atoms with Gasteiger partial charge in [0.25, 0.3) is 6.47 Å². The molecule has 0 fully saturated rings. The highest BCUT2D eigenvalue weighted by Crippen LogP contribution is 2.34. The average molecular weight is 239 g/mol. The molecule has 0 aliphatic carbocycles. The minimum Gasteiger partial charge on any atom is -0.463 e. The van der Waals surface area contributed by atoms with E-state index >= 15 is 0 Å².